The molecule has 18 heavy (non-hydrogen) atoms. The number of non-ortho nitro benzene ring substituents is 1. The first kappa shape index (κ1) is 13.0. The van der Waals surface area contributed by atoms with Crippen LogP contribution in [0.25, 0.3) is 0 Å². The van der Waals surface area contributed by atoms with Gasteiger partial charge in [0, 0.05) is 16.6 Å². The highest BCUT2D eigenvalue weighted by Gasteiger charge is 2.31. The van der Waals surface area contributed by atoms with E-state index >= 15 is 0 Å². The van der Waals surface area contributed by atoms with Gasteiger partial charge in [-0.15, -0.1) is 0 Å². The van der Waals surface area contributed by atoms with Gasteiger partial charge in [-0.05, 0) is 18.6 Å². The summed E-state index contributed by atoms with van der Waals surface area (Å²) in [5.74, 6) is 0.395. The number of halogens is 1. The zero-order valence-electron chi connectivity index (χ0n) is 9.72. The Labute approximate surface area is 112 Å². The van der Waals surface area contributed by atoms with E-state index in [-0.39, 0.29) is 5.69 Å². The molecule has 1 aromatic carbocycles. The van der Waals surface area contributed by atoms with Gasteiger partial charge < -0.3 is 10.5 Å². The fourth-order valence-electron chi connectivity index (χ4n) is 1.87. The van der Waals surface area contributed by atoms with Crippen LogP contribution in [0.3, 0.4) is 0 Å². The molecule has 96 valence electrons. The maximum absolute atomic E-state index is 10.8. The standard InChI is InChI=1S/C11H12BrN3O3/c1-11(6-18-5-10(13)14-11)7-2-8(12)4-9(3-7)15(16)17/h2-4H,5-6H2,1H3,(H2,13,14). The maximum atomic E-state index is 10.8. The molecule has 7 heteroatoms. The van der Waals surface area contributed by atoms with Crippen molar-refractivity contribution in [3.63, 3.8) is 0 Å². The van der Waals surface area contributed by atoms with Crippen LogP contribution in [-0.4, -0.2) is 24.0 Å². The molecule has 1 atom stereocenters. The van der Waals surface area contributed by atoms with Crippen molar-refractivity contribution in [2.24, 2.45) is 10.7 Å². The third kappa shape index (κ3) is 2.51. The van der Waals surface area contributed by atoms with E-state index < -0.39 is 10.5 Å². The van der Waals surface area contributed by atoms with E-state index in [9.17, 15) is 10.1 Å². The minimum absolute atomic E-state index is 0.0138. The molecule has 0 fully saturated rings. The normalized spacial score (nSPS) is 23.6. The van der Waals surface area contributed by atoms with Crippen molar-refractivity contribution in [3.8, 4) is 0 Å². The summed E-state index contributed by atoms with van der Waals surface area (Å²) in [7, 11) is 0. The van der Waals surface area contributed by atoms with Gasteiger partial charge in [0.15, 0.2) is 0 Å². The van der Waals surface area contributed by atoms with Crippen molar-refractivity contribution in [2.45, 2.75) is 12.5 Å². The lowest BCUT2D eigenvalue weighted by Gasteiger charge is -2.30. The monoisotopic (exact) mass is 313 g/mol. The molecule has 1 aliphatic heterocycles. The minimum atomic E-state index is -0.684. The van der Waals surface area contributed by atoms with E-state index in [1.54, 1.807) is 6.07 Å². The van der Waals surface area contributed by atoms with Crippen LogP contribution in [0.4, 0.5) is 5.69 Å². The summed E-state index contributed by atoms with van der Waals surface area (Å²) in [6.45, 7) is 2.48. The Hall–Kier alpha value is -1.47. The highest BCUT2D eigenvalue weighted by atomic mass is 79.9. The van der Waals surface area contributed by atoms with E-state index in [2.05, 4.69) is 20.9 Å². The SMILES string of the molecule is CC1(c2cc(Br)cc([N+](=O)[O-])c2)COCC(N)=N1. The number of nitro benzene ring substituents is 1. The summed E-state index contributed by atoms with van der Waals surface area (Å²) >= 11 is 3.26. The van der Waals surface area contributed by atoms with Gasteiger partial charge in [-0.1, -0.05) is 15.9 Å². The van der Waals surface area contributed by atoms with Crippen LogP contribution in [0, 0.1) is 10.1 Å². The van der Waals surface area contributed by atoms with Gasteiger partial charge in [0.1, 0.15) is 18.0 Å². The molecule has 1 aliphatic rings. The fourth-order valence-corrected chi connectivity index (χ4v) is 2.36. The number of aliphatic imine (C=N–C) groups is 1. The second kappa shape index (κ2) is 4.66. The Morgan fingerprint density at radius 3 is 2.89 bits per heavy atom. The van der Waals surface area contributed by atoms with Crippen molar-refractivity contribution < 1.29 is 9.66 Å². The van der Waals surface area contributed by atoms with E-state index in [0.29, 0.717) is 29.1 Å². The number of nitrogens with two attached hydrogens (primary N) is 1. The van der Waals surface area contributed by atoms with Crippen molar-refractivity contribution in [3.05, 3.63) is 38.3 Å². The zero-order valence-corrected chi connectivity index (χ0v) is 11.3. The summed E-state index contributed by atoms with van der Waals surface area (Å²) < 4.78 is 5.98. The number of benzene rings is 1. The van der Waals surface area contributed by atoms with Crippen molar-refractivity contribution >= 4 is 27.5 Å². The average Bonchev–Trinajstić information content (AvgIpc) is 2.27. The molecule has 2 N–H and O–H groups in total. The second-order valence-electron chi connectivity index (χ2n) is 4.33. The first-order valence-corrected chi connectivity index (χ1v) is 6.07. The lowest BCUT2D eigenvalue weighted by Crippen LogP contribution is -2.37. The van der Waals surface area contributed by atoms with Gasteiger partial charge in [0.25, 0.3) is 5.69 Å². The molecule has 0 aromatic heterocycles. The Balaban J connectivity index is 2.50. The number of rotatable bonds is 2. The lowest BCUT2D eigenvalue weighted by molar-refractivity contribution is -0.385. The number of hydrogen-bond acceptors (Lipinski definition) is 5. The van der Waals surface area contributed by atoms with Crippen LogP contribution in [0.1, 0.15) is 12.5 Å². The van der Waals surface area contributed by atoms with Crippen LogP contribution >= 0.6 is 15.9 Å². The Bertz CT molecular complexity index is 532. The van der Waals surface area contributed by atoms with Crippen LogP contribution in [0.5, 0.6) is 0 Å². The molecule has 0 saturated carbocycles. The number of ether oxygens (including phenoxy) is 1. The fraction of sp³-hybridized carbons (Fsp3) is 0.364. The molecule has 0 aliphatic carbocycles. The number of nitrogens with zero attached hydrogens (tertiary/aromatic N) is 2. The molecule has 1 unspecified atom stereocenters. The molecular formula is C11H12BrN3O3. The largest absolute Gasteiger partial charge is 0.386 e. The first-order chi connectivity index (χ1) is 8.40. The van der Waals surface area contributed by atoms with E-state index in [4.69, 9.17) is 10.5 Å². The molecular weight excluding hydrogens is 302 g/mol. The number of amidine groups is 1. The van der Waals surface area contributed by atoms with Crippen LogP contribution in [-0.2, 0) is 10.3 Å². The average molecular weight is 314 g/mol. The summed E-state index contributed by atoms with van der Waals surface area (Å²) in [4.78, 5) is 14.8. The highest BCUT2D eigenvalue weighted by molar-refractivity contribution is 9.10. The molecule has 0 spiro atoms. The summed E-state index contributed by atoms with van der Waals surface area (Å²) in [5, 5.41) is 10.8. The van der Waals surface area contributed by atoms with Crippen molar-refractivity contribution in [2.75, 3.05) is 13.2 Å². The third-order valence-corrected chi connectivity index (χ3v) is 3.20. The van der Waals surface area contributed by atoms with Crippen LogP contribution in [0.2, 0.25) is 0 Å². The smallest absolute Gasteiger partial charge is 0.270 e. The van der Waals surface area contributed by atoms with Crippen LogP contribution in [0.15, 0.2) is 27.7 Å². The van der Waals surface area contributed by atoms with E-state index in [0.717, 1.165) is 0 Å². The summed E-state index contributed by atoms with van der Waals surface area (Å²) in [6.07, 6.45) is 0. The van der Waals surface area contributed by atoms with Gasteiger partial charge >= 0.3 is 0 Å². The Kier molecular flexibility index (Phi) is 3.36. The first-order valence-electron chi connectivity index (χ1n) is 5.28. The quantitative estimate of drug-likeness (QED) is 0.667. The predicted octanol–water partition coefficient (Wildman–Crippen LogP) is 1.96. The molecule has 0 amide bonds. The Morgan fingerprint density at radius 2 is 2.28 bits per heavy atom. The topological polar surface area (TPSA) is 90.8 Å². The van der Waals surface area contributed by atoms with Gasteiger partial charge in [-0.3, -0.25) is 15.1 Å². The minimum Gasteiger partial charge on any atom is -0.386 e. The summed E-state index contributed by atoms with van der Waals surface area (Å²) in [5.41, 5.74) is 5.69. The number of nitro groups is 1. The predicted molar refractivity (Wildman–Crippen MR) is 70.6 cm³/mol. The second-order valence-corrected chi connectivity index (χ2v) is 5.24. The van der Waals surface area contributed by atoms with E-state index in [1.165, 1.54) is 12.1 Å². The molecule has 1 heterocycles. The van der Waals surface area contributed by atoms with Crippen molar-refractivity contribution in [1.29, 1.82) is 0 Å². The maximum Gasteiger partial charge on any atom is 0.270 e. The summed E-state index contributed by atoms with van der Waals surface area (Å²) in [6, 6.07) is 4.73. The van der Waals surface area contributed by atoms with Gasteiger partial charge in [-0.25, -0.2) is 0 Å². The van der Waals surface area contributed by atoms with Gasteiger partial charge in [0.05, 0.1) is 11.5 Å². The van der Waals surface area contributed by atoms with E-state index in [1.807, 2.05) is 6.92 Å². The van der Waals surface area contributed by atoms with Crippen LogP contribution < -0.4 is 5.73 Å². The molecule has 0 radical (unpaired) electrons. The molecule has 0 saturated heterocycles. The highest BCUT2D eigenvalue weighted by Crippen LogP contribution is 2.33. The van der Waals surface area contributed by atoms with Gasteiger partial charge in [-0.2, -0.15) is 0 Å². The lowest BCUT2D eigenvalue weighted by atomic mass is 9.92. The third-order valence-electron chi connectivity index (χ3n) is 2.74. The zero-order chi connectivity index (χ0) is 13.3. The molecule has 0 bridgehead atoms. The van der Waals surface area contributed by atoms with Crippen molar-refractivity contribution in [1.82, 2.24) is 0 Å². The molecule has 1 aromatic rings. The molecule has 6 nitrogen and oxygen atoms in total. The number of hydrogen-bond donors (Lipinski definition) is 1. The Morgan fingerprint density at radius 1 is 1.56 bits per heavy atom. The molecule has 2 rings (SSSR count). The van der Waals surface area contributed by atoms with Gasteiger partial charge in [0.2, 0.25) is 0 Å².